The van der Waals surface area contributed by atoms with Gasteiger partial charge in [-0.1, -0.05) is 18.2 Å². The highest BCUT2D eigenvalue weighted by Crippen LogP contribution is 2.46. The number of urea groups is 1. The molecule has 1 fully saturated rings. The van der Waals surface area contributed by atoms with Crippen LogP contribution in [0, 0.1) is 0 Å². The van der Waals surface area contributed by atoms with E-state index in [1.807, 2.05) is 28.8 Å². The first-order valence-electron chi connectivity index (χ1n) is 8.89. The molecule has 1 aromatic heterocycles. The predicted octanol–water partition coefficient (Wildman–Crippen LogP) is 2.24. The van der Waals surface area contributed by atoms with Gasteiger partial charge in [-0.15, -0.1) is 0 Å². The second-order valence-electron chi connectivity index (χ2n) is 6.92. The Morgan fingerprint density at radius 2 is 2.08 bits per heavy atom. The van der Waals surface area contributed by atoms with E-state index in [4.69, 9.17) is 4.74 Å². The maximum Gasteiger partial charge on any atom is 0.321 e. The molecule has 1 aromatic carbocycles. The molecule has 2 aliphatic rings. The third kappa shape index (κ3) is 2.91. The zero-order valence-electron chi connectivity index (χ0n) is 14.6. The summed E-state index contributed by atoms with van der Waals surface area (Å²) in [7, 11) is 1.92. The summed E-state index contributed by atoms with van der Waals surface area (Å²) in [6.07, 6.45) is 4.51. The smallest absolute Gasteiger partial charge is 0.321 e. The van der Waals surface area contributed by atoms with Crippen molar-refractivity contribution in [1.29, 1.82) is 0 Å². The number of anilines is 1. The molecule has 0 saturated carbocycles. The number of ether oxygens (including phenoxy) is 1. The van der Waals surface area contributed by atoms with E-state index in [9.17, 15) is 4.79 Å². The van der Waals surface area contributed by atoms with Crippen molar-refractivity contribution in [3.63, 3.8) is 0 Å². The molecule has 1 saturated heterocycles. The number of nitrogens with zero attached hydrogens (tertiary/aromatic N) is 3. The summed E-state index contributed by atoms with van der Waals surface area (Å²) >= 11 is 0. The number of rotatable bonds is 3. The highest BCUT2D eigenvalue weighted by molar-refractivity contribution is 5.95. The van der Waals surface area contributed by atoms with Gasteiger partial charge in [-0.05, 0) is 30.5 Å². The second kappa shape index (κ2) is 6.52. The van der Waals surface area contributed by atoms with E-state index in [1.54, 1.807) is 6.20 Å². The number of hydrogen-bond acceptors (Lipinski definition) is 3. The van der Waals surface area contributed by atoms with Crippen LogP contribution < -0.4 is 10.2 Å². The van der Waals surface area contributed by atoms with Crippen LogP contribution in [0.5, 0.6) is 0 Å². The van der Waals surface area contributed by atoms with Gasteiger partial charge in [-0.25, -0.2) is 4.79 Å². The summed E-state index contributed by atoms with van der Waals surface area (Å²) in [4.78, 5) is 14.7. The summed E-state index contributed by atoms with van der Waals surface area (Å²) in [6, 6.07) is 10.3. The third-order valence-electron chi connectivity index (χ3n) is 5.50. The Bertz CT molecular complexity index is 764. The fourth-order valence-corrected chi connectivity index (χ4v) is 4.04. The molecule has 2 aliphatic heterocycles. The van der Waals surface area contributed by atoms with Gasteiger partial charge in [0.2, 0.25) is 0 Å². The number of carbonyl (C=O) groups is 1. The van der Waals surface area contributed by atoms with E-state index in [0.29, 0.717) is 6.54 Å². The first kappa shape index (κ1) is 16.1. The van der Waals surface area contributed by atoms with Crippen LogP contribution in [-0.2, 0) is 23.6 Å². The average Bonchev–Trinajstić information content (AvgIpc) is 3.18. The summed E-state index contributed by atoms with van der Waals surface area (Å²) in [5.74, 6) is 0. The number of para-hydroxylation sites is 1. The number of carbonyl (C=O) groups excluding carboxylic acids is 1. The average molecular weight is 340 g/mol. The minimum atomic E-state index is -0.0158. The van der Waals surface area contributed by atoms with E-state index in [0.717, 1.165) is 50.4 Å². The molecule has 0 atom stereocenters. The molecule has 2 amide bonds. The van der Waals surface area contributed by atoms with Crippen molar-refractivity contribution in [2.75, 3.05) is 31.2 Å². The first-order chi connectivity index (χ1) is 12.2. The second-order valence-corrected chi connectivity index (χ2v) is 6.92. The highest BCUT2D eigenvalue weighted by atomic mass is 16.5. The van der Waals surface area contributed by atoms with Crippen LogP contribution in [0.15, 0.2) is 36.5 Å². The van der Waals surface area contributed by atoms with Gasteiger partial charge in [0.05, 0.1) is 0 Å². The summed E-state index contributed by atoms with van der Waals surface area (Å²) in [5, 5.41) is 7.23. The predicted molar refractivity (Wildman–Crippen MR) is 95.8 cm³/mol. The summed E-state index contributed by atoms with van der Waals surface area (Å²) in [6.45, 7) is 2.88. The van der Waals surface area contributed by atoms with Crippen molar-refractivity contribution in [3.05, 3.63) is 47.8 Å². The lowest BCUT2D eigenvalue weighted by molar-refractivity contribution is 0.0556. The fourth-order valence-electron chi connectivity index (χ4n) is 4.04. The summed E-state index contributed by atoms with van der Waals surface area (Å²) < 4.78 is 7.40. The number of aromatic nitrogens is 2. The number of nitrogens with one attached hydrogen (secondary N) is 1. The van der Waals surface area contributed by atoms with Gasteiger partial charge in [-0.3, -0.25) is 9.58 Å². The molecule has 1 N–H and O–H groups in total. The molecule has 132 valence electrons. The molecule has 2 aromatic rings. The number of amides is 2. The van der Waals surface area contributed by atoms with Crippen molar-refractivity contribution in [2.24, 2.45) is 7.05 Å². The van der Waals surface area contributed by atoms with Gasteiger partial charge in [0.25, 0.3) is 0 Å². The normalized spacial score (nSPS) is 18.4. The molecule has 0 aliphatic carbocycles. The van der Waals surface area contributed by atoms with Crippen molar-refractivity contribution >= 4 is 11.7 Å². The molecule has 25 heavy (non-hydrogen) atoms. The van der Waals surface area contributed by atoms with Crippen molar-refractivity contribution in [3.8, 4) is 0 Å². The maximum absolute atomic E-state index is 12.8. The number of hydrogen-bond donors (Lipinski definition) is 1. The molecule has 1 spiro atoms. The van der Waals surface area contributed by atoms with E-state index in [1.165, 1.54) is 5.56 Å². The topological polar surface area (TPSA) is 59.4 Å². The van der Waals surface area contributed by atoms with Gasteiger partial charge < -0.3 is 10.1 Å². The molecule has 6 heteroatoms. The van der Waals surface area contributed by atoms with Crippen LogP contribution in [-0.4, -0.2) is 42.1 Å². The molecular formula is C19H24N4O2. The zero-order valence-corrected chi connectivity index (χ0v) is 14.6. The quantitative estimate of drug-likeness (QED) is 0.932. The molecule has 6 nitrogen and oxygen atoms in total. The van der Waals surface area contributed by atoms with Crippen molar-refractivity contribution in [1.82, 2.24) is 15.1 Å². The Labute approximate surface area is 147 Å². The Hall–Kier alpha value is -2.34. The number of benzene rings is 1. The van der Waals surface area contributed by atoms with Gasteiger partial charge in [-0.2, -0.15) is 5.10 Å². The van der Waals surface area contributed by atoms with Crippen LogP contribution in [0.2, 0.25) is 0 Å². The van der Waals surface area contributed by atoms with Crippen LogP contribution in [0.4, 0.5) is 10.5 Å². The van der Waals surface area contributed by atoms with E-state index >= 15 is 0 Å². The molecule has 0 radical (unpaired) electrons. The molecular weight excluding hydrogens is 316 g/mol. The van der Waals surface area contributed by atoms with E-state index < -0.39 is 0 Å². The monoisotopic (exact) mass is 340 g/mol. The Morgan fingerprint density at radius 1 is 1.28 bits per heavy atom. The fraction of sp³-hybridized carbons (Fsp3) is 0.474. The standard InChI is InChI=1S/C19H24N4O2/c1-22-15(7-11-21-22)6-10-20-18(24)23-14-19(8-12-25-13-9-19)16-4-2-3-5-17(16)23/h2-5,7,11H,6,8-10,12-14H2,1H3,(H,20,24). The molecule has 4 rings (SSSR count). The minimum Gasteiger partial charge on any atom is -0.381 e. The Kier molecular flexibility index (Phi) is 4.21. The SMILES string of the molecule is Cn1nccc1CCNC(=O)N1CC2(CCOCC2)c2ccccc21. The van der Waals surface area contributed by atoms with Crippen molar-refractivity contribution < 1.29 is 9.53 Å². The Balaban J connectivity index is 1.47. The molecule has 0 unspecified atom stereocenters. The van der Waals surface area contributed by atoms with Gasteiger partial charge in [0, 0.05) is 62.8 Å². The van der Waals surface area contributed by atoms with Crippen LogP contribution >= 0.6 is 0 Å². The maximum atomic E-state index is 12.8. The number of aryl methyl sites for hydroxylation is 1. The van der Waals surface area contributed by atoms with Crippen molar-refractivity contribution in [2.45, 2.75) is 24.7 Å². The molecule has 3 heterocycles. The summed E-state index contributed by atoms with van der Waals surface area (Å²) in [5.41, 5.74) is 3.50. The Morgan fingerprint density at radius 3 is 2.84 bits per heavy atom. The lowest BCUT2D eigenvalue weighted by Crippen LogP contribution is -2.45. The van der Waals surface area contributed by atoms with E-state index in [2.05, 4.69) is 28.6 Å². The first-order valence-corrected chi connectivity index (χ1v) is 8.89. The number of fused-ring (bicyclic) bond motifs is 2. The lowest BCUT2D eigenvalue weighted by atomic mass is 9.76. The zero-order chi connectivity index (χ0) is 17.3. The van der Waals surface area contributed by atoms with Crippen LogP contribution in [0.1, 0.15) is 24.1 Å². The van der Waals surface area contributed by atoms with Gasteiger partial charge >= 0.3 is 6.03 Å². The minimum absolute atomic E-state index is 0.0158. The van der Waals surface area contributed by atoms with Crippen LogP contribution in [0.25, 0.3) is 0 Å². The van der Waals surface area contributed by atoms with Gasteiger partial charge in [0.1, 0.15) is 0 Å². The lowest BCUT2D eigenvalue weighted by Gasteiger charge is -2.34. The third-order valence-corrected chi connectivity index (χ3v) is 5.50. The largest absolute Gasteiger partial charge is 0.381 e. The highest BCUT2D eigenvalue weighted by Gasteiger charge is 2.45. The molecule has 0 bridgehead atoms. The van der Waals surface area contributed by atoms with E-state index in [-0.39, 0.29) is 11.4 Å². The van der Waals surface area contributed by atoms with Crippen LogP contribution in [0.3, 0.4) is 0 Å². The van der Waals surface area contributed by atoms with Gasteiger partial charge in [0.15, 0.2) is 0 Å².